The van der Waals surface area contributed by atoms with Crippen LogP contribution in [0.4, 0.5) is 0 Å². The van der Waals surface area contributed by atoms with E-state index in [-0.39, 0.29) is 18.0 Å². The molecular weight excluding hydrogens is 364 g/mol. The molecule has 0 saturated heterocycles. The van der Waals surface area contributed by atoms with Gasteiger partial charge in [0.05, 0.1) is 5.69 Å². The Bertz CT molecular complexity index is 1060. The van der Waals surface area contributed by atoms with Gasteiger partial charge in [-0.15, -0.1) is 0 Å². The highest BCUT2D eigenvalue weighted by atomic mass is 32.2. The Balaban J connectivity index is 1.67. The van der Waals surface area contributed by atoms with Crippen LogP contribution in [0.3, 0.4) is 0 Å². The second-order valence-electron chi connectivity index (χ2n) is 6.69. The minimum Gasteiger partial charge on any atom is -0.492 e. The van der Waals surface area contributed by atoms with Crippen LogP contribution in [-0.4, -0.2) is 36.3 Å². The van der Waals surface area contributed by atoms with E-state index in [4.69, 9.17) is 4.74 Å². The number of fused-ring (bicyclic) bond motifs is 1. The average Bonchev–Trinajstić information content (AvgIpc) is 2.92. The van der Waals surface area contributed by atoms with Gasteiger partial charge in [0.1, 0.15) is 17.3 Å². The van der Waals surface area contributed by atoms with Gasteiger partial charge in [0.15, 0.2) is 5.65 Å². The number of aryl methyl sites for hydroxylation is 2. The SMILES string of the molecule is Cc1nn(C)c2ncc(S(=O)(=O)NCCOc3ccccc3C(C)C)cc12. The molecule has 0 aliphatic heterocycles. The summed E-state index contributed by atoms with van der Waals surface area (Å²) in [6.45, 7) is 6.42. The van der Waals surface area contributed by atoms with Gasteiger partial charge in [0, 0.05) is 25.2 Å². The van der Waals surface area contributed by atoms with Crippen LogP contribution in [0, 0.1) is 6.92 Å². The van der Waals surface area contributed by atoms with Crippen molar-refractivity contribution in [3.63, 3.8) is 0 Å². The molecule has 3 aromatic rings. The Morgan fingerprint density at radius 1 is 1.26 bits per heavy atom. The van der Waals surface area contributed by atoms with Crippen LogP contribution in [0.2, 0.25) is 0 Å². The van der Waals surface area contributed by atoms with Gasteiger partial charge >= 0.3 is 0 Å². The maximum Gasteiger partial charge on any atom is 0.242 e. The van der Waals surface area contributed by atoms with Crippen molar-refractivity contribution in [2.45, 2.75) is 31.6 Å². The number of aromatic nitrogens is 3. The van der Waals surface area contributed by atoms with Crippen molar-refractivity contribution in [3.05, 3.63) is 47.8 Å². The predicted octanol–water partition coefficient (Wildman–Crippen LogP) is 2.76. The van der Waals surface area contributed by atoms with Crippen molar-refractivity contribution >= 4 is 21.1 Å². The minimum absolute atomic E-state index is 0.119. The normalized spacial score (nSPS) is 12.0. The first-order chi connectivity index (χ1) is 12.8. The highest BCUT2D eigenvalue weighted by Gasteiger charge is 2.17. The van der Waals surface area contributed by atoms with Gasteiger partial charge < -0.3 is 4.74 Å². The van der Waals surface area contributed by atoms with Crippen molar-refractivity contribution in [1.29, 1.82) is 0 Å². The molecule has 0 atom stereocenters. The first kappa shape index (κ1) is 19.3. The summed E-state index contributed by atoms with van der Waals surface area (Å²) < 4.78 is 35.1. The lowest BCUT2D eigenvalue weighted by molar-refractivity contribution is 0.318. The largest absolute Gasteiger partial charge is 0.492 e. The van der Waals surface area contributed by atoms with Crippen LogP contribution in [-0.2, 0) is 17.1 Å². The van der Waals surface area contributed by atoms with E-state index >= 15 is 0 Å². The summed E-state index contributed by atoms with van der Waals surface area (Å²) in [4.78, 5) is 4.34. The summed E-state index contributed by atoms with van der Waals surface area (Å²) >= 11 is 0. The van der Waals surface area contributed by atoms with E-state index in [1.54, 1.807) is 17.8 Å². The van der Waals surface area contributed by atoms with Crippen molar-refractivity contribution in [1.82, 2.24) is 19.5 Å². The standard InChI is InChI=1S/C19H24N4O3S/c1-13(2)16-7-5-6-8-18(16)26-10-9-21-27(24,25)15-11-17-14(3)22-23(4)19(17)20-12-15/h5-8,11-13,21H,9-10H2,1-4H3. The lowest BCUT2D eigenvalue weighted by atomic mass is 10.0. The monoisotopic (exact) mass is 388 g/mol. The van der Waals surface area contributed by atoms with Crippen molar-refractivity contribution in [2.24, 2.45) is 7.05 Å². The van der Waals surface area contributed by atoms with E-state index in [9.17, 15) is 8.42 Å². The summed E-state index contributed by atoms with van der Waals surface area (Å²) in [5.74, 6) is 1.11. The Morgan fingerprint density at radius 2 is 2.00 bits per heavy atom. The summed E-state index contributed by atoms with van der Waals surface area (Å²) in [6.07, 6.45) is 1.35. The molecule has 0 saturated carbocycles. The van der Waals surface area contributed by atoms with Crippen LogP contribution in [0.15, 0.2) is 41.4 Å². The van der Waals surface area contributed by atoms with Crippen molar-refractivity contribution in [2.75, 3.05) is 13.2 Å². The summed E-state index contributed by atoms with van der Waals surface area (Å²) in [5, 5.41) is 4.99. The minimum atomic E-state index is -3.67. The zero-order valence-electron chi connectivity index (χ0n) is 15.9. The number of hydrogen-bond donors (Lipinski definition) is 1. The molecule has 27 heavy (non-hydrogen) atoms. The zero-order chi connectivity index (χ0) is 19.6. The summed E-state index contributed by atoms with van der Waals surface area (Å²) in [7, 11) is -1.89. The van der Waals surface area contributed by atoms with Gasteiger partial charge in [-0.2, -0.15) is 5.10 Å². The third kappa shape index (κ3) is 4.12. The number of nitrogens with zero attached hydrogens (tertiary/aromatic N) is 3. The maximum atomic E-state index is 12.5. The first-order valence-electron chi connectivity index (χ1n) is 8.80. The number of ether oxygens (including phenoxy) is 1. The number of benzene rings is 1. The maximum absolute atomic E-state index is 12.5. The Hall–Kier alpha value is -2.45. The summed E-state index contributed by atoms with van der Waals surface area (Å²) in [5.41, 5.74) is 2.49. The van der Waals surface area contributed by atoms with Crippen LogP contribution in [0.5, 0.6) is 5.75 Å². The van der Waals surface area contributed by atoms with Gasteiger partial charge in [-0.25, -0.2) is 18.1 Å². The molecule has 144 valence electrons. The second kappa shape index (κ2) is 7.66. The topological polar surface area (TPSA) is 86.1 Å². The molecule has 0 fully saturated rings. The molecule has 3 rings (SSSR count). The molecule has 7 nitrogen and oxygen atoms in total. The second-order valence-corrected chi connectivity index (χ2v) is 8.46. The fraction of sp³-hybridized carbons (Fsp3) is 0.368. The van der Waals surface area contributed by atoms with Gasteiger partial charge in [0.2, 0.25) is 10.0 Å². The Morgan fingerprint density at radius 3 is 2.74 bits per heavy atom. The van der Waals surface area contributed by atoms with Crippen molar-refractivity contribution < 1.29 is 13.2 Å². The molecule has 8 heteroatoms. The van der Waals surface area contributed by atoms with E-state index in [2.05, 4.69) is 28.7 Å². The van der Waals surface area contributed by atoms with Gasteiger partial charge in [-0.1, -0.05) is 32.0 Å². The van der Waals surface area contributed by atoms with Crippen LogP contribution >= 0.6 is 0 Å². The Labute approximate surface area is 159 Å². The van der Waals surface area contributed by atoms with Crippen LogP contribution < -0.4 is 9.46 Å². The molecule has 2 aromatic heterocycles. The molecule has 0 spiro atoms. The number of rotatable bonds is 7. The van der Waals surface area contributed by atoms with Gasteiger partial charge in [-0.05, 0) is 30.5 Å². The smallest absolute Gasteiger partial charge is 0.242 e. The number of sulfonamides is 1. The highest BCUT2D eigenvalue weighted by Crippen LogP contribution is 2.25. The zero-order valence-corrected chi connectivity index (χ0v) is 16.7. The highest BCUT2D eigenvalue weighted by molar-refractivity contribution is 7.89. The lowest BCUT2D eigenvalue weighted by Gasteiger charge is -2.14. The van der Waals surface area contributed by atoms with E-state index < -0.39 is 10.0 Å². The molecule has 0 aliphatic rings. The summed E-state index contributed by atoms with van der Waals surface area (Å²) in [6, 6.07) is 9.38. The molecule has 2 heterocycles. The number of hydrogen-bond acceptors (Lipinski definition) is 5. The third-order valence-electron chi connectivity index (χ3n) is 4.34. The van der Waals surface area contributed by atoms with Crippen molar-refractivity contribution in [3.8, 4) is 5.75 Å². The number of pyridine rings is 1. The molecule has 0 amide bonds. The van der Waals surface area contributed by atoms with E-state index in [0.29, 0.717) is 11.6 Å². The van der Waals surface area contributed by atoms with E-state index in [1.807, 2.05) is 31.2 Å². The molecule has 1 aromatic carbocycles. The molecule has 0 bridgehead atoms. The molecule has 1 N–H and O–H groups in total. The quantitative estimate of drug-likeness (QED) is 0.629. The number of para-hydroxylation sites is 1. The fourth-order valence-corrected chi connectivity index (χ4v) is 3.93. The lowest BCUT2D eigenvalue weighted by Crippen LogP contribution is -2.28. The number of nitrogens with one attached hydrogen (secondary N) is 1. The van der Waals surface area contributed by atoms with E-state index in [0.717, 1.165) is 22.4 Å². The molecule has 0 radical (unpaired) electrons. The average molecular weight is 388 g/mol. The van der Waals surface area contributed by atoms with Crippen LogP contribution in [0.25, 0.3) is 11.0 Å². The molecular formula is C19H24N4O3S. The first-order valence-corrected chi connectivity index (χ1v) is 10.3. The van der Waals surface area contributed by atoms with E-state index in [1.165, 1.54) is 6.20 Å². The Kier molecular flexibility index (Phi) is 5.48. The molecule has 0 unspecified atom stereocenters. The van der Waals surface area contributed by atoms with Crippen LogP contribution in [0.1, 0.15) is 31.0 Å². The fourth-order valence-electron chi connectivity index (χ4n) is 2.94. The molecule has 0 aliphatic carbocycles. The predicted molar refractivity (Wildman–Crippen MR) is 104 cm³/mol. The third-order valence-corrected chi connectivity index (χ3v) is 5.77. The van der Waals surface area contributed by atoms with Gasteiger partial charge in [0.25, 0.3) is 0 Å². The van der Waals surface area contributed by atoms with Gasteiger partial charge in [-0.3, -0.25) is 4.68 Å².